The van der Waals surface area contributed by atoms with E-state index in [0.717, 1.165) is 29.5 Å². The average molecular weight is 444 g/mol. The van der Waals surface area contributed by atoms with Gasteiger partial charge >= 0.3 is 6.18 Å². The third-order valence-electron chi connectivity index (χ3n) is 4.54. The summed E-state index contributed by atoms with van der Waals surface area (Å²) in [5.74, 6) is -0.754. The summed E-state index contributed by atoms with van der Waals surface area (Å²) in [5.41, 5.74) is 0.216. The topological polar surface area (TPSA) is 72.2 Å². The van der Waals surface area contributed by atoms with Gasteiger partial charge < -0.3 is 9.73 Å². The number of aryl methyl sites for hydroxylation is 1. The highest BCUT2D eigenvalue weighted by Gasteiger charge is 2.30. The van der Waals surface area contributed by atoms with Crippen LogP contribution in [-0.4, -0.2) is 10.9 Å². The van der Waals surface area contributed by atoms with Crippen molar-refractivity contribution in [2.45, 2.75) is 19.5 Å². The van der Waals surface area contributed by atoms with E-state index in [1.54, 1.807) is 37.3 Å². The standard InChI is InChI=1S/C22H15F3N2O3S/c1-12-21(27-20(29)18-11-16(28)15-7-2-3-8-17(15)30-18)31-19(26-12)10-13-5-4-6-14(9-13)22(23,24)25/h2-9,11H,10H2,1H3,(H,27,29). The van der Waals surface area contributed by atoms with Gasteiger partial charge in [-0.25, -0.2) is 4.98 Å². The molecule has 0 aliphatic heterocycles. The molecule has 9 heteroatoms. The first-order valence-corrected chi connectivity index (χ1v) is 9.99. The maximum atomic E-state index is 12.9. The summed E-state index contributed by atoms with van der Waals surface area (Å²) in [4.78, 5) is 29.1. The number of amides is 1. The Labute approximate surface area is 178 Å². The molecule has 1 amide bonds. The van der Waals surface area contributed by atoms with Crippen molar-refractivity contribution in [3.8, 4) is 0 Å². The lowest BCUT2D eigenvalue weighted by atomic mass is 10.1. The fourth-order valence-corrected chi connectivity index (χ4v) is 4.05. The molecule has 158 valence electrons. The first kappa shape index (κ1) is 20.8. The van der Waals surface area contributed by atoms with Crippen molar-refractivity contribution in [1.29, 1.82) is 0 Å². The van der Waals surface area contributed by atoms with E-state index >= 15 is 0 Å². The first-order chi connectivity index (χ1) is 14.7. The van der Waals surface area contributed by atoms with Crippen molar-refractivity contribution in [2.24, 2.45) is 0 Å². The third kappa shape index (κ3) is 4.51. The molecule has 0 aliphatic carbocycles. The minimum absolute atomic E-state index is 0.143. The lowest BCUT2D eigenvalue weighted by Gasteiger charge is -2.07. The van der Waals surface area contributed by atoms with Crippen molar-refractivity contribution in [1.82, 2.24) is 4.98 Å². The van der Waals surface area contributed by atoms with Crippen LogP contribution in [0.2, 0.25) is 0 Å². The summed E-state index contributed by atoms with van der Waals surface area (Å²) in [7, 11) is 0. The number of aromatic nitrogens is 1. The molecule has 0 radical (unpaired) electrons. The zero-order chi connectivity index (χ0) is 22.2. The number of para-hydroxylation sites is 1. The normalized spacial score (nSPS) is 11.6. The van der Waals surface area contributed by atoms with E-state index in [1.807, 2.05) is 0 Å². The van der Waals surface area contributed by atoms with Crippen molar-refractivity contribution in [3.63, 3.8) is 0 Å². The molecule has 2 aromatic carbocycles. The van der Waals surface area contributed by atoms with Gasteiger partial charge in [-0.2, -0.15) is 13.2 Å². The maximum Gasteiger partial charge on any atom is 0.416 e. The van der Waals surface area contributed by atoms with Crippen LogP contribution in [0.4, 0.5) is 18.2 Å². The quantitative estimate of drug-likeness (QED) is 0.456. The van der Waals surface area contributed by atoms with Gasteiger partial charge in [0.2, 0.25) is 0 Å². The van der Waals surface area contributed by atoms with Gasteiger partial charge in [0.1, 0.15) is 10.6 Å². The van der Waals surface area contributed by atoms with Crippen LogP contribution in [0.25, 0.3) is 11.0 Å². The van der Waals surface area contributed by atoms with Gasteiger partial charge in [-0.15, -0.1) is 11.3 Å². The molecule has 0 saturated heterocycles. The molecule has 0 aliphatic rings. The molecule has 2 heterocycles. The summed E-state index contributed by atoms with van der Waals surface area (Å²) in [6.45, 7) is 1.68. The Hall–Kier alpha value is -3.46. The molecule has 5 nitrogen and oxygen atoms in total. The Bertz CT molecular complexity index is 1340. The molecule has 4 aromatic rings. The molecule has 0 bridgehead atoms. The lowest BCUT2D eigenvalue weighted by molar-refractivity contribution is -0.137. The number of nitrogens with one attached hydrogen (secondary N) is 1. The number of hydrogen-bond acceptors (Lipinski definition) is 5. The van der Waals surface area contributed by atoms with Gasteiger partial charge in [-0.3, -0.25) is 9.59 Å². The number of hydrogen-bond donors (Lipinski definition) is 1. The Morgan fingerprint density at radius 2 is 1.90 bits per heavy atom. The number of thiazole rings is 1. The second-order valence-electron chi connectivity index (χ2n) is 6.82. The van der Waals surface area contributed by atoms with Gasteiger partial charge in [0.15, 0.2) is 11.2 Å². The monoisotopic (exact) mass is 444 g/mol. The van der Waals surface area contributed by atoms with E-state index in [1.165, 1.54) is 6.07 Å². The summed E-state index contributed by atoms with van der Waals surface area (Å²) >= 11 is 1.15. The number of rotatable bonds is 4. The van der Waals surface area contributed by atoms with E-state index < -0.39 is 17.6 Å². The number of alkyl halides is 3. The van der Waals surface area contributed by atoms with Gasteiger partial charge in [0.25, 0.3) is 5.91 Å². The number of halogens is 3. The van der Waals surface area contributed by atoms with Crippen LogP contribution < -0.4 is 10.7 Å². The molecule has 4 rings (SSSR count). The molecular weight excluding hydrogens is 429 g/mol. The molecule has 31 heavy (non-hydrogen) atoms. The smallest absolute Gasteiger partial charge is 0.416 e. The van der Waals surface area contributed by atoms with E-state index in [-0.39, 0.29) is 17.6 Å². The number of anilines is 1. The Morgan fingerprint density at radius 3 is 2.68 bits per heavy atom. The molecular formula is C22H15F3N2O3S. The molecule has 0 atom stereocenters. The Morgan fingerprint density at radius 1 is 1.13 bits per heavy atom. The SMILES string of the molecule is Cc1nc(Cc2cccc(C(F)(F)F)c2)sc1NC(=O)c1cc(=O)c2ccccc2o1. The van der Waals surface area contributed by atoms with Gasteiger partial charge in [0, 0.05) is 12.5 Å². The van der Waals surface area contributed by atoms with Crippen LogP contribution in [0.5, 0.6) is 0 Å². The Kier molecular flexibility index (Phi) is 5.36. The fraction of sp³-hybridized carbons (Fsp3) is 0.136. The van der Waals surface area contributed by atoms with Gasteiger partial charge in [0.05, 0.1) is 21.7 Å². The zero-order valence-electron chi connectivity index (χ0n) is 16.1. The summed E-state index contributed by atoms with van der Waals surface area (Å²) in [6.07, 6.45) is -4.23. The highest BCUT2D eigenvalue weighted by atomic mass is 32.1. The largest absolute Gasteiger partial charge is 0.451 e. The van der Waals surface area contributed by atoms with E-state index in [0.29, 0.717) is 32.2 Å². The number of carbonyl (C=O) groups is 1. The van der Waals surface area contributed by atoms with Gasteiger partial charge in [-0.1, -0.05) is 30.3 Å². The van der Waals surface area contributed by atoms with Crippen LogP contribution in [-0.2, 0) is 12.6 Å². The second-order valence-corrected chi connectivity index (χ2v) is 7.91. The minimum atomic E-state index is -4.42. The minimum Gasteiger partial charge on any atom is -0.451 e. The maximum absolute atomic E-state index is 12.9. The molecule has 0 unspecified atom stereocenters. The summed E-state index contributed by atoms with van der Waals surface area (Å²) in [6, 6.07) is 12.8. The highest BCUT2D eigenvalue weighted by Crippen LogP contribution is 2.31. The second kappa shape index (κ2) is 7.99. The summed E-state index contributed by atoms with van der Waals surface area (Å²) < 4.78 is 44.3. The number of benzene rings is 2. The number of fused-ring (bicyclic) bond motifs is 1. The molecule has 0 fully saturated rings. The van der Waals surface area contributed by atoms with Crippen LogP contribution in [0, 0.1) is 6.92 Å². The van der Waals surface area contributed by atoms with Crippen LogP contribution in [0.1, 0.15) is 32.4 Å². The van der Waals surface area contributed by atoms with E-state index in [4.69, 9.17) is 4.42 Å². The third-order valence-corrected chi connectivity index (χ3v) is 5.61. The van der Waals surface area contributed by atoms with Crippen molar-refractivity contribution in [2.75, 3.05) is 5.32 Å². The molecule has 0 spiro atoms. The van der Waals surface area contributed by atoms with Gasteiger partial charge in [-0.05, 0) is 30.7 Å². The lowest BCUT2D eigenvalue weighted by Crippen LogP contribution is -2.14. The molecule has 2 aromatic heterocycles. The summed E-state index contributed by atoms with van der Waals surface area (Å²) in [5, 5.41) is 4.02. The van der Waals surface area contributed by atoms with Crippen LogP contribution in [0.3, 0.4) is 0 Å². The van der Waals surface area contributed by atoms with Crippen molar-refractivity contribution in [3.05, 3.63) is 92.4 Å². The zero-order valence-corrected chi connectivity index (χ0v) is 16.9. The van der Waals surface area contributed by atoms with Crippen molar-refractivity contribution < 1.29 is 22.4 Å². The molecule has 1 N–H and O–H groups in total. The first-order valence-electron chi connectivity index (χ1n) is 9.17. The number of nitrogens with zero attached hydrogens (tertiary/aromatic N) is 1. The molecule has 0 saturated carbocycles. The Balaban J connectivity index is 1.55. The van der Waals surface area contributed by atoms with Crippen LogP contribution in [0.15, 0.2) is 63.8 Å². The highest BCUT2D eigenvalue weighted by molar-refractivity contribution is 7.16. The van der Waals surface area contributed by atoms with E-state index in [2.05, 4.69) is 10.3 Å². The van der Waals surface area contributed by atoms with Crippen LogP contribution >= 0.6 is 11.3 Å². The van der Waals surface area contributed by atoms with Crippen molar-refractivity contribution >= 4 is 33.2 Å². The predicted molar refractivity (Wildman–Crippen MR) is 112 cm³/mol. The van der Waals surface area contributed by atoms with E-state index in [9.17, 15) is 22.8 Å². The number of carbonyl (C=O) groups excluding carboxylic acids is 1. The fourth-order valence-electron chi connectivity index (χ4n) is 3.06. The average Bonchev–Trinajstić information content (AvgIpc) is 3.06. The predicted octanol–water partition coefficient (Wildman–Crippen LogP) is 5.42.